The van der Waals surface area contributed by atoms with E-state index in [-0.39, 0.29) is 6.61 Å². The van der Waals surface area contributed by atoms with Gasteiger partial charge in [-0.1, -0.05) is 30.3 Å². The third-order valence-electron chi connectivity index (χ3n) is 4.51. The smallest absolute Gasteiger partial charge is 0.0972 e. The molecule has 0 saturated heterocycles. The number of para-hydroxylation sites is 1. The maximum atomic E-state index is 9.19. The molecule has 0 aliphatic rings. The topological polar surface area (TPSA) is 41.3 Å². The van der Waals surface area contributed by atoms with Crippen molar-refractivity contribution in [1.82, 2.24) is 14.7 Å². The van der Waals surface area contributed by atoms with Gasteiger partial charge in [-0.25, -0.2) is 4.68 Å². The van der Waals surface area contributed by atoms with E-state index < -0.39 is 0 Å². The lowest BCUT2D eigenvalue weighted by Crippen LogP contribution is -2.21. The van der Waals surface area contributed by atoms with Crippen LogP contribution < -0.4 is 0 Å². The number of rotatable bonds is 6. The molecule has 0 atom stereocenters. The summed E-state index contributed by atoms with van der Waals surface area (Å²) in [5, 5.41) is 14.1. The molecule has 3 rings (SSSR count). The first kappa shape index (κ1) is 17.4. The number of hydrogen-bond acceptors (Lipinski definition) is 3. The van der Waals surface area contributed by atoms with Crippen molar-refractivity contribution in [2.75, 3.05) is 20.2 Å². The minimum Gasteiger partial charge on any atom is -0.395 e. The van der Waals surface area contributed by atoms with Gasteiger partial charge in [-0.2, -0.15) is 5.10 Å². The normalized spacial score (nSPS) is 11.2. The standard InChI is InChI=1S/C21H25N3O/c1-16-9-10-18(13-17(16)2)21-19(14-23(3)11-12-25)15-24(22-21)20-7-5-4-6-8-20/h4-10,13,15,25H,11-12,14H2,1-3H3. The summed E-state index contributed by atoms with van der Waals surface area (Å²) in [6.45, 7) is 5.79. The molecule has 2 aromatic carbocycles. The van der Waals surface area contributed by atoms with Crippen LogP contribution in [0.4, 0.5) is 0 Å². The van der Waals surface area contributed by atoms with Gasteiger partial charge in [0.2, 0.25) is 0 Å². The molecule has 1 N–H and O–H groups in total. The lowest BCUT2D eigenvalue weighted by Gasteiger charge is -2.15. The van der Waals surface area contributed by atoms with Crippen LogP contribution in [-0.4, -0.2) is 40.0 Å². The number of aliphatic hydroxyl groups is 1. The number of aromatic nitrogens is 2. The Labute approximate surface area is 149 Å². The maximum Gasteiger partial charge on any atom is 0.0972 e. The molecular weight excluding hydrogens is 310 g/mol. The largest absolute Gasteiger partial charge is 0.395 e. The molecule has 130 valence electrons. The van der Waals surface area contributed by atoms with Crippen molar-refractivity contribution in [1.29, 1.82) is 0 Å². The number of aryl methyl sites for hydroxylation is 2. The zero-order valence-corrected chi connectivity index (χ0v) is 15.1. The predicted octanol–water partition coefficient (Wildman–Crippen LogP) is 3.58. The second-order valence-corrected chi connectivity index (χ2v) is 6.54. The van der Waals surface area contributed by atoms with Crippen molar-refractivity contribution in [3.63, 3.8) is 0 Å². The second kappa shape index (κ2) is 7.64. The van der Waals surface area contributed by atoms with E-state index in [1.807, 2.05) is 29.9 Å². The molecule has 0 saturated carbocycles. The molecule has 1 aromatic heterocycles. The van der Waals surface area contributed by atoms with E-state index in [4.69, 9.17) is 5.10 Å². The van der Waals surface area contributed by atoms with E-state index in [2.05, 4.69) is 55.3 Å². The van der Waals surface area contributed by atoms with Crippen LogP contribution in [0, 0.1) is 13.8 Å². The van der Waals surface area contributed by atoms with Gasteiger partial charge < -0.3 is 5.11 Å². The van der Waals surface area contributed by atoms with E-state index in [0.717, 1.165) is 29.1 Å². The quantitative estimate of drug-likeness (QED) is 0.748. The van der Waals surface area contributed by atoms with E-state index >= 15 is 0 Å². The molecule has 4 nitrogen and oxygen atoms in total. The highest BCUT2D eigenvalue weighted by molar-refractivity contribution is 5.64. The Morgan fingerprint density at radius 2 is 1.80 bits per heavy atom. The SMILES string of the molecule is Cc1ccc(-c2nn(-c3ccccc3)cc2CN(C)CCO)cc1C. The first-order valence-corrected chi connectivity index (χ1v) is 8.59. The zero-order valence-electron chi connectivity index (χ0n) is 15.1. The maximum absolute atomic E-state index is 9.19. The van der Waals surface area contributed by atoms with Gasteiger partial charge in [0, 0.05) is 30.4 Å². The van der Waals surface area contributed by atoms with E-state index in [1.165, 1.54) is 11.1 Å². The molecule has 0 aliphatic heterocycles. The summed E-state index contributed by atoms with van der Waals surface area (Å²) < 4.78 is 1.94. The number of hydrogen-bond donors (Lipinski definition) is 1. The highest BCUT2D eigenvalue weighted by atomic mass is 16.3. The Morgan fingerprint density at radius 3 is 2.48 bits per heavy atom. The van der Waals surface area contributed by atoms with Crippen LogP contribution in [0.15, 0.2) is 54.7 Å². The second-order valence-electron chi connectivity index (χ2n) is 6.54. The first-order chi connectivity index (χ1) is 12.1. The average Bonchev–Trinajstić information content (AvgIpc) is 3.02. The molecule has 0 unspecified atom stereocenters. The zero-order chi connectivity index (χ0) is 17.8. The van der Waals surface area contributed by atoms with Crippen molar-refractivity contribution in [3.05, 3.63) is 71.4 Å². The monoisotopic (exact) mass is 335 g/mol. The van der Waals surface area contributed by atoms with Crippen LogP contribution in [0.25, 0.3) is 16.9 Å². The van der Waals surface area contributed by atoms with Crippen molar-refractivity contribution < 1.29 is 5.11 Å². The fraction of sp³-hybridized carbons (Fsp3) is 0.286. The van der Waals surface area contributed by atoms with Crippen LogP contribution in [-0.2, 0) is 6.54 Å². The molecule has 4 heteroatoms. The molecule has 1 heterocycles. The number of nitrogens with zero attached hydrogens (tertiary/aromatic N) is 3. The van der Waals surface area contributed by atoms with Crippen LogP contribution in [0.1, 0.15) is 16.7 Å². The van der Waals surface area contributed by atoms with Gasteiger partial charge in [-0.15, -0.1) is 0 Å². The van der Waals surface area contributed by atoms with Crippen molar-refractivity contribution >= 4 is 0 Å². The molecule has 0 fully saturated rings. The van der Waals surface area contributed by atoms with Gasteiger partial charge in [0.25, 0.3) is 0 Å². The summed E-state index contributed by atoms with van der Waals surface area (Å²) in [6, 6.07) is 16.6. The molecule has 0 spiro atoms. The third-order valence-corrected chi connectivity index (χ3v) is 4.51. The summed E-state index contributed by atoms with van der Waals surface area (Å²) in [5.74, 6) is 0. The van der Waals surface area contributed by atoms with E-state index in [1.54, 1.807) is 0 Å². The molecule has 25 heavy (non-hydrogen) atoms. The summed E-state index contributed by atoms with van der Waals surface area (Å²) in [6.07, 6.45) is 2.09. The Kier molecular flexibility index (Phi) is 5.31. The lowest BCUT2D eigenvalue weighted by molar-refractivity contribution is 0.217. The third kappa shape index (κ3) is 3.98. The van der Waals surface area contributed by atoms with Crippen LogP contribution in [0.3, 0.4) is 0 Å². The highest BCUT2D eigenvalue weighted by Crippen LogP contribution is 2.26. The lowest BCUT2D eigenvalue weighted by atomic mass is 10.0. The Bertz CT molecular complexity index is 840. The fourth-order valence-electron chi connectivity index (χ4n) is 2.91. The van der Waals surface area contributed by atoms with Crippen molar-refractivity contribution in [2.45, 2.75) is 20.4 Å². The number of benzene rings is 2. The summed E-state index contributed by atoms with van der Waals surface area (Å²) in [7, 11) is 2.01. The highest BCUT2D eigenvalue weighted by Gasteiger charge is 2.14. The summed E-state index contributed by atoms with van der Waals surface area (Å²) in [4.78, 5) is 2.11. The van der Waals surface area contributed by atoms with Gasteiger partial charge >= 0.3 is 0 Å². The Balaban J connectivity index is 2.04. The number of likely N-dealkylation sites (N-methyl/N-ethyl adjacent to an activating group) is 1. The number of aliphatic hydroxyl groups excluding tert-OH is 1. The van der Waals surface area contributed by atoms with Crippen LogP contribution in [0.2, 0.25) is 0 Å². The molecule has 0 bridgehead atoms. The molecule has 0 radical (unpaired) electrons. The predicted molar refractivity (Wildman–Crippen MR) is 102 cm³/mol. The van der Waals surface area contributed by atoms with Gasteiger partial charge in [0.05, 0.1) is 18.0 Å². The van der Waals surface area contributed by atoms with Gasteiger partial charge in [-0.3, -0.25) is 4.90 Å². The fourth-order valence-corrected chi connectivity index (χ4v) is 2.91. The minimum absolute atomic E-state index is 0.155. The Morgan fingerprint density at radius 1 is 1.04 bits per heavy atom. The molecule has 3 aromatic rings. The average molecular weight is 335 g/mol. The summed E-state index contributed by atoms with van der Waals surface area (Å²) >= 11 is 0. The van der Waals surface area contributed by atoms with Crippen LogP contribution in [0.5, 0.6) is 0 Å². The van der Waals surface area contributed by atoms with E-state index in [9.17, 15) is 5.11 Å². The van der Waals surface area contributed by atoms with Gasteiger partial charge in [-0.05, 0) is 50.2 Å². The summed E-state index contributed by atoms with van der Waals surface area (Å²) in [5.41, 5.74) is 6.88. The molecular formula is C21H25N3O. The van der Waals surface area contributed by atoms with Crippen molar-refractivity contribution in [3.8, 4) is 16.9 Å². The Hall–Kier alpha value is -2.43. The van der Waals surface area contributed by atoms with Gasteiger partial charge in [0.15, 0.2) is 0 Å². The van der Waals surface area contributed by atoms with Crippen LogP contribution >= 0.6 is 0 Å². The molecule has 0 aliphatic carbocycles. The van der Waals surface area contributed by atoms with Gasteiger partial charge in [0.1, 0.15) is 0 Å². The minimum atomic E-state index is 0.155. The van der Waals surface area contributed by atoms with E-state index in [0.29, 0.717) is 6.54 Å². The molecule has 0 amide bonds. The first-order valence-electron chi connectivity index (χ1n) is 8.59. The van der Waals surface area contributed by atoms with Crippen molar-refractivity contribution in [2.24, 2.45) is 0 Å².